The van der Waals surface area contributed by atoms with Gasteiger partial charge < -0.3 is 10.2 Å². The summed E-state index contributed by atoms with van der Waals surface area (Å²) in [4.78, 5) is 5.32. The number of β-amino-alcohol motifs (C(OH)–C–C–N with tert-alkyl or cyclic N) is 1. The molecule has 2 rings (SSSR count). The summed E-state index contributed by atoms with van der Waals surface area (Å²) >= 11 is 0. The van der Waals surface area contributed by atoms with Gasteiger partial charge in [0.05, 0.1) is 25.4 Å². The van der Waals surface area contributed by atoms with Gasteiger partial charge in [0.15, 0.2) is 0 Å². The number of nitrogens with zero attached hydrogens (tertiary/aromatic N) is 1. The Kier molecular flexibility index (Phi) is 3.38. The molecule has 0 spiro atoms. The normalized spacial score (nSPS) is 40.3. The Morgan fingerprint density at radius 2 is 1.79 bits per heavy atom. The number of hydroxylamine groups is 2. The molecule has 0 radical (unpaired) electrons. The largest absolute Gasteiger partial charge is 0.393 e. The summed E-state index contributed by atoms with van der Waals surface area (Å²) in [5.74, 6) is 0.628. The second-order valence-corrected chi connectivity index (χ2v) is 4.47. The number of rotatable bonds is 2. The fraction of sp³-hybridized carbons (Fsp3) is 1.00. The van der Waals surface area contributed by atoms with E-state index in [0.29, 0.717) is 19.1 Å². The van der Waals surface area contributed by atoms with Crippen LogP contribution in [-0.2, 0) is 4.84 Å². The fourth-order valence-electron chi connectivity index (χ4n) is 2.27. The van der Waals surface area contributed by atoms with E-state index in [0.717, 1.165) is 32.2 Å². The first-order valence-electron chi connectivity index (χ1n) is 5.48. The van der Waals surface area contributed by atoms with Gasteiger partial charge >= 0.3 is 0 Å². The summed E-state index contributed by atoms with van der Waals surface area (Å²) in [5.41, 5.74) is 0. The van der Waals surface area contributed by atoms with Gasteiger partial charge in [-0.25, -0.2) is 0 Å². The lowest BCUT2D eigenvalue weighted by Gasteiger charge is -2.28. The lowest BCUT2D eigenvalue weighted by Crippen LogP contribution is -2.30. The van der Waals surface area contributed by atoms with E-state index in [1.165, 1.54) is 0 Å². The maximum atomic E-state index is 9.35. The Morgan fingerprint density at radius 3 is 2.36 bits per heavy atom. The van der Waals surface area contributed by atoms with Crippen LogP contribution in [0.3, 0.4) is 0 Å². The number of hydrogen-bond donors (Lipinski definition) is 2. The molecule has 0 unspecified atom stereocenters. The van der Waals surface area contributed by atoms with Crippen molar-refractivity contribution in [1.82, 2.24) is 5.06 Å². The van der Waals surface area contributed by atoms with Gasteiger partial charge in [-0.2, -0.15) is 5.06 Å². The third kappa shape index (κ3) is 2.67. The zero-order valence-corrected chi connectivity index (χ0v) is 8.43. The lowest BCUT2D eigenvalue weighted by molar-refractivity contribution is -0.122. The quantitative estimate of drug-likeness (QED) is 0.667. The molecule has 0 aromatic rings. The Balaban J connectivity index is 1.70. The van der Waals surface area contributed by atoms with Crippen molar-refractivity contribution >= 4 is 0 Å². The van der Waals surface area contributed by atoms with E-state index in [9.17, 15) is 10.2 Å². The number of aliphatic hydroxyl groups excluding tert-OH is 2. The highest BCUT2D eigenvalue weighted by molar-refractivity contribution is 4.75. The van der Waals surface area contributed by atoms with Crippen LogP contribution in [0.5, 0.6) is 0 Å². The molecule has 2 N–H and O–H groups in total. The van der Waals surface area contributed by atoms with E-state index >= 15 is 0 Å². The molecule has 1 aliphatic heterocycles. The van der Waals surface area contributed by atoms with Gasteiger partial charge in [-0.05, 0) is 31.6 Å². The first kappa shape index (κ1) is 10.4. The van der Waals surface area contributed by atoms with E-state index in [-0.39, 0.29) is 12.2 Å². The molecule has 1 saturated heterocycles. The summed E-state index contributed by atoms with van der Waals surface area (Å²) in [6.45, 7) is 1.98. The van der Waals surface area contributed by atoms with Crippen LogP contribution >= 0.6 is 0 Å². The maximum Gasteiger partial charge on any atom is 0.0958 e. The van der Waals surface area contributed by atoms with Gasteiger partial charge in [-0.3, -0.25) is 4.84 Å². The van der Waals surface area contributed by atoms with Gasteiger partial charge in [0.1, 0.15) is 0 Å². The molecule has 14 heavy (non-hydrogen) atoms. The predicted octanol–water partition coefficient (Wildman–Crippen LogP) is 0.146. The summed E-state index contributed by atoms with van der Waals surface area (Å²) in [6, 6.07) is 0. The van der Waals surface area contributed by atoms with Crippen molar-refractivity contribution in [2.75, 3.05) is 19.7 Å². The van der Waals surface area contributed by atoms with Crippen LogP contribution in [0.1, 0.15) is 25.7 Å². The average Bonchev–Trinajstić information content (AvgIpc) is 2.56. The molecular formula is C10H19NO3. The van der Waals surface area contributed by atoms with E-state index < -0.39 is 0 Å². The third-order valence-electron chi connectivity index (χ3n) is 3.14. The zero-order valence-electron chi connectivity index (χ0n) is 8.43. The highest BCUT2D eigenvalue weighted by atomic mass is 16.7. The topological polar surface area (TPSA) is 52.9 Å². The van der Waals surface area contributed by atoms with Crippen molar-refractivity contribution in [3.8, 4) is 0 Å². The molecule has 1 aliphatic carbocycles. The summed E-state index contributed by atoms with van der Waals surface area (Å²) < 4.78 is 0. The summed E-state index contributed by atoms with van der Waals surface area (Å²) in [6.07, 6.45) is 3.59. The molecule has 82 valence electrons. The van der Waals surface area contributed by atoms with Crippen molar-refractivity contribution in [1.29, 1.82) is 0 Å². The second-order valence-electron chi connectivity index (χ2n) is 4.47. The molecule has 0 aromatic carbocycles. The maximum absolute atomic E-state index is 9.35. The van der Waals surface area contributed by atoms with E-state index in [1.807, 2.05) is 5.06 Å². The van der Waals surface area contributed by atoms with Gasteiger partial charge in [-0.1, -0.05) is 0 Å². The minimum Gasteiger partial charge on any atom is -0.393 e. The van der Waals surface area contributed by atoms with Crippen LogP contribution in [0.25, 0.3) is 0 Å². The van der Waals surface area contributed by atoms with E-state index in [1.54, 1.807) is 0 Å². The Bertz CT molecular complexity index is 180. The summed E-state index contributed by atoms with van der Waals surface area (Å²) in [7, 11) is 0. The minimum atomic E-state index is -0.316. The molecule has 4 heteroatoms. The molecule has 2 aliphatic rings. The molecule has 1 heterocycles. The predicted molar refractivity (Wildman–Crippen MR) is 51.5 cm³/mol. The zero-order chi connectivity index (χ0) is 9.97. The van der Waals surface area contributed by atoms with Crippen molar-refractivity contribution < 1.29 is 15.1 Å². The second kappa shape index (κ2) is 4.57. The van der Waals surface area contributed by atoms with Crippen molar-refractivity contribution in [2.45, 2.75) is 37.9 Å². The molecule has 0 bridgehead atoms. The molecule has 2 fully saturated rings. The molecule has 0 aromatic heterocycles. The SMILES string of the molecule is OC1CCC(CN2C[C@H](O)CO2)CC1. The van der Waals surface area contributed by atoms with Crippen molar-refractivity contribution in [2.24, 2.45) is 5.92 Å². The van der Waals surface area contributed by atoms with Gasteiger partial charge in [-0.15, -0.1) is 0 Å². The first-order chi connectivity index (χ1) is 6.74. The van der Waals surface area contributed by atoms with Gasteiger partial charge in [0.25, 0.3) is 0 Å². The summed E-state index contributed by atoms with van der Waals surface area (Å²) in [5, 5.41) is 20.5. The average molecular weight is 201 g/mol. The van der Waals surface area contributed by atoms with Gasteiger partial charge in [0, 0.05) is 6.54 Å². The lowest BCUT2D eigenvalue weighted by atomic mass is 9.87. The van der Waals surface area contributed by atoms with Crippen LogP contribution in [0.2, 0.25) is 0 Å². The minimum absolute atomic E-state index is 0.0867. The van der Waals surface area contributed by atoms with Crippen LogP contribution in [0, 0.1) is 5.92 Å². The van der Waals surface area contributed by atoms with Crippen LogP contribution < -0.4 is 0 Å². The van der Waals surface area contributed by atoms with E-state index in [2.05, 4.69) is 0 Å². The monoisotopic (exact) mass is 201 g/mol. The molecule has 4 nitrogen and oxygen atoms in total. The van der Waals surface area contributed by atoms with Crippen LogP contribution in [0.4, 0.5) is 0 Å². The van der Waals surface area contributed by atoms with Crippen LogP contribution in [0.15, 0.2) is 0 Å². The molecular weight excluding hydrogens is 182 g/mol. The Morgan fingerprint density at radius 1 is 1.07 bits per heavy atom. The van der Waals surface area contributed by atoms with Crippen LogP contribution in [-0.4, -0.2) is 47.2 Å². The number of hydrogen-bond acceptors (Lipinski definition) is 4. The van der Waals surface area contributed by atoms with Crippen molar-refractivity contribution in [3.05, 3.63) is 0 Å². The molecule has 0 amide bonds. The first-order valence-corrected chi connectivity index (χ1v) is 5.48. The molecule has 1 saturated carbocycles. The molecule has 1 atom stereocenters. The number of aliphatic hydroxyl groups is 2. The highest BCUT2D eigenvalue weighted by Crippen LogP contribution is 2.25. The Hall–Kier alpha value is -0.160. The van der Waals surface area contributed by atoms with E-state index in [4.69, 9.17) is 4.84 Å². The standard InChI is InChI=1S/C10H19NO3/c12-9-3-1-8(2-4-9)5-11-6-10(13)7-14-11/h8-10,12-13H,1-7H2/t8?,9?,10-/m0/s1. The van der Waals surface area contributed by atoms with Gasteiger partial charge in [0.2, 0.25) is 0 Å². The fourth-order valence-corrected chi connectivity index (χ4v) is 2.27. The smallest absolute Gasteiger partial charge is 0.0958 e. The highest BCUT2D eigenvalue weighted by Gasteiger charge is 2.26. The Labute approximate surface area is 84.4 Å². The third-order valence-corrected chi connectivity index (χ3v) is 3.14. The van der Waals surface area contributed by atoms with Crippen molar-refractivity contribution in [3.63, 3.8) is 0 Å².